The first-order valence-electron chi connectivity index (χ1n) is 5.80. The quantitative estimate of drug-likeness (QED) is 0.810. The van der Waals surface area contributed by atoms with Crippen LogP contribution in [0.5, 0.6) is 0 Å². The molecule has 5 nitrogen and oxygen atoms in total. The SMILES string of the molecule is CCSCc1cc(C(=O)N(C)C)nc(N(C)C)n1. The highest BCUT2D eigenvalue weighted by Crippen LogP contribution is 2.14. The van der Waals surface area contributed by atoms with Crippen molar-refractivity contribution >= 4 is 23.6 Å². The maximum Gasteiger partial charge on any atom is 0.272 e. The number of nitrogens with zero attached hydrogens (tertiary/aromatic N) is 4. The van der Waals surface area contributed by atoms with Crippen molar-refractivity contribution in [3.05, 3.63) is 17.5 Å². The number of hydrogen-bond acceptors (Lipinski definition) is 5. The number of aromatic nitrogens is 2. The zero-order valence-electron chi connectivity index (χ0n) is 11.6. The summed E-state index contributed by atoms with van der Waals surface area (Å²) in [5.74, 6) is 2.31. The number of amides is 1. The van der Waals surface area contributed by atoms with Crippen molar-refractivity contribution in [2.24, 2.45) is 0 Å². The largest absolute Gasteiger partial charge is 0.347 e. The summed E-state index contributed by atoms with van der Waals surface area (Å²) in [5.41, 5.74) is 1.34. The topological polar surface area (TPSA) is 49.3 Å². The third-order valence-corrected chi connectivity index (χ3v) is 3.15. The number of hydrogen-bond donors (Lipinski definition) is 0. The number of anilines is 1. The average Bonchev–Trinajstić information content (AvgIpc) is 2.34. The molecule has 0 aliphatic carbocycles. The van der Waals surface area contributed by atoms with Gasteiger partial charge in [0, 0.05) is 33.9 Å². The van der Waals surface area contributed by atoms with Gasteiger partial charge < -0.3 is 9.80 Å². The summed E-state index contributed by atoms with van der Waals surface area (Å²) in [5, 5.41) is 0. The molecular formula is C12H20N4OS. The van der Waals surface area contributed by atoms with Gasteiger partial charge in [-0.25, -0.2) is 9.97 Å². The van der Waals surface area contributed by atoms with E-state index in [0.717, 1.165) is 17.2 Å². The fraction of sp³-hybridized carbons (Fsp3) is 0.583. The first kappa shape index (κ1) is 14.8. The van der Waals surface area contributed by atoms with Gasteiger partial charge in [-0.1, -0.05) is 6.92 Å². The van der Waals surface area contributed by atoms with Gasteiger partial charge in [0.05, 0.1) is 5.69 Å². The van der Waals surface area contributed by atoms with Gasteiger partial charge in [-0.05, 0) is 11.8 Å². The molecular weight excluding hydrogens is 248 g/mol. The minimum Gasteiger partial charge on any atom is -0.347 e. The molecule has 0 spiro atoms. The fourth-order valence-electron chi connectivity index (χ4n) is 1.30. The van der Waals surface area contributed by atoms with E-state index >= 15 is 0 Å². The van der Waals surface area contributed by atoms with Crippen LogP contribution in [0.25, 0.3) is 0 Å². The van der Waals surface area contributed by atoms with Gasteiger partial charge in [-0.15, -0.1) is 0 Å². The molecule has 0 aromatic carbocycles. The van der Waals surface area contributed by atoms with Gasteiger partial charge >= 0.3 is 0 Å². The zero-order chi connectivity index (χ0) is 13.7. The van der Waals surface area contributed by atoms with Crippen LogP contribution in [0.1, 0.15) is 23.1 Å². The summed E-state index contributed by atoms with van der Waals surface area (Å²) >= 11 is 1.78. The second kappa shape index (κ2) is 6.58. The Kier molecular flexibility index (Phi) is 5.40. The minimum atomic E-state index is -0.0942. The second-order valence-electron chi connectivity index (χ2n) is 4.28. The van der Waals surface area contributed by atoms with Crippen LogP contribution in [-0.4, -0.2) is 54.7 Å². The maximum absolute atomic E-state index is 12.0. The number of rotatable bonds is 5. The van der Waals surface area contributed by atoms with Crippen LogP contribution in [0.3, 0.4) is 0 Å². The number of thioether (sulfide) groups is 1. The molecule has 1 heterocycles. The van der Waals surface area contributed by atoms with Gasteiger partial charge in [0.1, 0.15) is 5.69 Å². The highest BCUT2D eigenvalue weighted by Gasteiger charge is 2.14. The molecule has 1 rings (SSSR count). The van der Waals surface area contributed by atoms with Crippen LogP contribution in [0, 0.1) is 0 Å². The summed E-state index contributed by atoms with van der Waals surface area (Å²) in [6.07, 6.45) is 0. The Labute approximate surface area is 113 Å². The van der Waals surface area contributed by atoms with Crippen molar-refractivity contribution in [2.45, 2.75) is 12.7 Å². The van der Waals surface area contributed by atoms with E-state index in [9.17, 15) is 4.79 Å². The fourth-order valence-corrected chi connectivity index (χ4v) is 1.86. The molecule has 0 fully saturated rings. The Balaban J connectivity index is 3.09. The summed E-state index contributed by atoms with van der Waals surface area (Å²) in [4.78, 5) is 24.0. The summed E-state index contributed by atoms with van der Waals surface area (Å²) in [6.45, 7) is 2.10. The minimum absolute atomic E-state index is 0.0942. The molecule has 0 aliphatic heterocycles. The standard InChI is InChI=1S/C12H20N4OS/c1-6-18-8-9-7-10(11(17)15(2)3)14-12(13-9)16(4)5/h7H,6,8H2,1-5H3. The van der Waals surface area contributed by atoms with Gasteiger partial charge in [0.25, 0.3) is 5.91 Å². The zero-order valence-corrected chi connectivity index (χ0v) is 12.4. The lowest BCUT2D eigenvalue weighted by molar-refractivity contribution is 0.0821. The van der Waals surface area contributed by atoms with Crippen LogP contribution >= 0.6 is 11.8 Å². The molecule has 0 bridgehead atoms. The summed E-state index contributed by atoms with van der Waals surface area (Å²) in [6, 6.07) is 1.78. The number of carbonyl (C=O) groups is 1. The van der Waals surface area contributed by atoms with Crippen molar-refractivity contribution in [2.75, 3.05) is 38.8 Å². The predicted molar refractivity (Wildman–Crippen MR) is 76.2 cm³/mol. The van der Waals surface area contributed by atoms with Gasteiger partial charge in [0.2, 0.25) is 5.95 Å². The Hall–Kier alpha value is -1.30. The van der Waals surface area contributed by atoms with E-state index in [1.165, 1.54) is 4.90 Å². The van der Waals surface area contributed by atoms with Gasteiger partial charge in [-0.3, -0.25) is 4.79 Å². The van der Waals surface area contributed by atoms with E-state index in [4.69, 9.17) is 0 Å². The van der Waals surface area contributed by atoms with Gasteiger partial charge in [0.15, 0.2) is 0 Å². The van der Waals surface area contributed by atoms with Crippen molar-refractivity contribution in [3.63, 3.8) is 0 Å². The highest BCUT2D eigenvalue weighted by molar-refractivity contribution is 7.98. The normalized spacial score (nSPS) is 10.3. The molecule has 0 radical (unpaired) electrons. The van der Waals surface area contributed by atoms with E-state index in [1.54, 1.807) is 31.9 Å². The van der Waals surface area contributed by atoms with Crippen LogP contribution in [0.2, 0.25) is 0 Å². The molecule has 0 saturated heterocycles. The molecule has 0 unspecified atom stereocenters. The van der Waals surface area contributed by atoms with Crippen molar-refractivity contribution in [1.82, 2.24) is 14.9 Å². The van der Waals surface area contributed by atoms with E-state index in [0.29, 0.717) is 11.6 Å². The Bertz CT molecular complexity index is 421. The van der Waals surface area contributed by atoms with Gasteiger partial charge in [-0.2, -0.15) is 11.8 Å². The lowest BCUT2D eigenvalue weighted by Crippen LogP contribution is -2.24. The van der Waals surface area contributed by atoms with Crippen molar-refractivity contribution < 1.29 is 4.79 Å². The molecule has 1 amide bonds. The molecule has 0 aliphatic rings. The van der Waals surface area contributed by atoms with Crippen molar-refractivity contribution in [1.29, 1.82) is 0 Å². The van der Waals surface area contributed by atoms with Crippen LogP contribution < -0.4 is 4.90 Å². The summed E-state index contributed by atoms with van der Waals surface area (Å²) in [7, 11) is 7.19. The first-order valence-corrected chi connectivity index (χ1v) is 6.95. The van der Waals surface area contributed by atoms with Crippen LogP contribution in [-0.2, 0) is 5.75 Å². The number of carbonyl (C=O) groups excluding carboxylic acids is 1. The second-order valence-corrected chi connectivity index (χ2v) is 5.55. The molecule has 0 atom stereocenters. The smallest absolute Gasteiger partial charge is 0.272 e. The molecule has 1 aromatic rings. The Morgan fingerprint density at radius 2 is 1.94 bits per heavy atom. The molecule has 100 valence electrons. The molecule has 1 aromatic heterocycles. The molecule has 0 saturated carbocycles. The monoisotopic (exact) mass is 268 g/mol. The average molecular weight is 268 g/mol. The highest BCUT2D eigenvalue weighted by atomic mass is 32.2. The van der Waals surface area contributed by atoms with E-state index in [1.807, 2.05) is 19.0 Å². The molecule has 6 heteroatoms. The van der Waals surface area contributed by atoms with Crippen LogP contribution in [0.15, 0.2) is 6.07 Å². The Morgan fingerprint density at radius 1 is 1.28 bits per heavy atom. The lowest BCUT2D eigenvalue weighted by atomic mass is 10.3. The lowest BCUT2D eigenvalue weighted by Gasteiger charge is -2.15. The third kappa shape index (κ3) is 3.87. The molecule has 0 N–H and O–H groups in total. The first-order chi connectivity index (χ1) is 8.45. The van der Waals surface area contributed by atoms with Crippen molar-refractivity contribution in [3.8, 4) is 0 Å². The van der Waals surface area contributed by atoms with E-state index in [-0.39, 0.29) is 5.91 Å². The Morgan fingerprint density at radius 3 is 2.44 bits per heavy atom. The maximum atomic E-state index is 12.0. The van der Waals surface area contributed by atoms with E-state index in [2.05, 4.69) is 16.9 Å². The predicted octanol–water partition coefficient (Wildman–Crippen LogP) is 1.50. The van der Waals surface area contributed by atoms with Crippen LogP contribution in [0.4, 0.5) is 5.95 Å². The summed E-state index contributed by atoms with van der Waals surface area (Å²) < 4.78 is 0. The third-order valence-electron chi connectivity index (χ3n) is 2.25. The van der Waals surface area contributed by atoms with E-state index < -0.39 is 0 Å². The molecule has 18 heavy (non-hydrogen) atoms.